The lowest BCUT2D eigenvalue weighted by Crippen LogP contribution is -2.47. The number of rotatable bonds is 2. The van der Waals surface area contributed by atoms with Crippen molar-refractivity contribution >= 4 is 0 Å². The summed E-state index contributed by atoms with van der Waals surface area (Å²) in [6, 6.07) is 0.806. The van der Waals surface area contributed by atoms with E-state index in [0.29, 0.717) is 0 Å². The van der Waals surface area contributed by atoms with Crippen LogP contribution in [0.5, 0.6) is 0 Å². The molecule has 0 bridgehead atoms. The van der Waals surface area contributed by atoms with Crippen LogP contribution in [-0.4, -0.2) is 30.6 Å². The molecule has 0 radical (unpaired) electrons. The van der Waals surface area contributed by atoms with E-state index in [1.165, 1.54) is 38.8 Å². The third kappa shape index (κ3) is 2.54. The highest BCUT2D eigenvalue weighted by Crippen LogP contribution is 2.33. The summed E-state index contributed by atoms with van der Waals surface area (Å²) in [5.41, 5.74) is 5.87. The van der Waals surface area contributed by atoms with Crippen LogP contribution in [0, 0.1) is 17.8 Å². The summed E-state index contributed by atoms with van der Waals surface area (Å²) >= 11 is 0. The molecule has 2 N–H and O–H groups in total. The molecular formula is C13H26N2. The predicted molar refractivity (Wildman–Crippen MR) is 64.7 cm³/mol. The van der Waals surface area contributed by atoms with Gasteiger partial charge in [0, 0.05) is 19.1 Å². The van der Waals surface area contributed by atoms with Gasteiger partial charge in [-0.25, -0.2) is 0 Å². The second-order valence-corrected chi connectivity index (χ2v) is 5.89. The van der Waals surface area contributed by atoms with Crippen molar-refractivity contribution in [1.29, 1.82) is 0 Å². The number of piperidine rings is 1. The van der Waals surface area contributed by atoms with Crippen molar-refractivity contribution in [2.45, 2.75) is 45.6 Å². The van der Waals surface area contributed by atoms with Crippen LogP contribution in [0.4, 0.5) is 0 Å². The van der Waals surface area contributed by atoms with Gasteiger partial charge in [0.25, 0.3) is 0 Å². The Labute approximate surface area is 94.2 Å². The Balaban J connectivity index is 1.96. The predicted octanol–water partition coefficient (Wildman–Crippen LogP) is 2.09. The fourth-order valence-electron chi connectivity index (χ4n) is 3.75. The Morgan fingerprint density at radius 3 is 2.40 bits per heavy atom. The van der Waals surface area contributed by atoms with Crippen molar-refractivity contribution in [2.75, 3.05) is 19.6 Å². The molecule has 0 aromatic heterocycles. The smallest absolute Gasteiger partial charge is 0.0136 e. The molecule has 88 valence electrons. The maximum Gasteiger partial charge on any atom is 0.0136 e. The summed E-state index contributed by atoms with van der Waals surface area (Å²) < 4.78 is 0. The molecule has 4 unspecified atom stereocenters. The Kier molecular flexibility index (Phi) is 3.68. The topological polar surface area (TPSA) is 29.3 Å². The van der Waals surface area contributed by atoms with Crippen molar-refractivity contribution in [1.82, 2.24) is 4.90 Å². The number of nitrogens with two attached hydrogens (primary N) is 1. The minimum absolute atomic E-state index is 0.780. The Hall–Kier alpha value is -0.0800. The van der Waals surface area contributed by atoms with E-state index in [0.717, 1.165) is 30.3 Å². The van der Waals surface area contributed by atoms with Gasteiger partial charge in [0.15, 0.2) is 0 Å². The number of hydrogen-bond donors (Lipinski definition) is 1. The van der Waals surface area contributed by atoms with E-state index >= 15 is 0 Å². The normalized spacial score (nSPS) is 43.4. The van der Waals surface area contributed by atoms with E-state index in [9.17, 15) is 0 Å². The molecule has 1 saturated heterocycles. The Morgan fingerprint density at radius 1 is 1.13 bits per heavy atom. The van der Waals surface area contributed by atoms with Gasteiger partial charge in [0.05, 0.1) is 0 Å². The molecule has 1 heterocycles. The summed E-state index contributed by atoms with van der Waals surface area (Å²) in [7, 11) is 0. The third-order valence-electron chi connectivity index (χ3n) is 4.29. The maximum absolute atomic E-state index is 5.87. The van der Waals surface area contributed by atoms with Crippen molar-refractivity contribution in [2.24, 2.45) is 23.5 Å². The van der Waals surface area contributed by atoms with E-state index in [1.807, 2.05) is 0 Å². The molecule has 1 saturated carbocycles. The largest absolute Gasteiger partial charge is 0.330 e. The molecule has 15 heavy (non-hydrogen) atoms. The van der Waals surface area contributed by atoms with Crippen molar-refractivity contribution in [3.05, 3.63) is 0 Å². The van der Waals surface area contributed by atoms with Crippen molar-refractivity contribution < 1.29 is 0 Å². The van der Waals surface area contributed by atoms with Crippen LogP contribution in [0.3, 0.4) is 0 Å². The summed E-state index contributed by atoms with van der Waals surface area (Å²) in [6.07, 6.45) is 5.56. The van der Waals surface area contributed by atoms with Crippen LogP contribution in [0.2, 0.25) is 0 Å². The average molecular weight is 210 g/mol. The minimum atomic E-state index is 0.780. The molecule has 4 atom stereocenters. The zero-order valence-corrected chi connectivity index (χ0v) is 10.3. The highest BCUT2D eigenvalue weighted by Gasteiger charge is 2.34. The molecule has 0 aromatic carbocycles. The van der Waals surface area contributed by atoms with Crippen LogP contribution < -0.4 is 5.73 Å². The molecule has 0 amide bonds. The fourth-order valence-corrected chi connectivity index (χ4v) is 3.75. The van der Waals surface area contributed by atoms with Crippen LogP contribution >= 0.6 is 0 Å². The van der Waals surface area contributed by atoms with Crippen LogP contribution in [0.25, 0.3) is 0 Å². The first-order valence-corrected chi connectivity index (χ1v) is 6.64. The molecule has 0 spiro atoms. The van der Waals surface area contributed by atoms with Gasteiger partial charge in [-0.2, -0.15) is 0 Å². The Bertz CT molecular complexity index is 195. The van der Waals surface area contributed by atoms with Gasteiger partial charge in [0.1, 0.15) is 0 Å². The number of likely N-dealkylation sites (tertiary alicyclic amines) is 1. The Morgan fingerprint density at radius 2 is 1.80 bits per heavy atom. The molecule has 1 aliphatic heterocycles. The highest BCUT2D eigenvalue weighted by molar-refractivity contribution is 4.89. The number of nitrogens with zero attached hydrogens (tertiary/aromatic N) is 1. The molecule has 0 aromatic rings. The first-order chi connectivity index (χ1) is 7.20. The van der Waals surface area contributed by atoms with Gasteiger partial charge in [-0.05, 0) is 43.6 Å². The average Bonchev–Trinajstić information content (AvgIpc) is 2.63. The SMILES string of the molecule is CC1CC(C)CN(C2CCCC2CN)C1. The molecule has 2 fully saturated rings. The van der Waals surface area contributed by atoms with Crippen LogP contribution in [0.1, 0.15) is 39.5 Å². The van der Waals surface area contributed by atoms with E-state index in [2.05, 4.69) is 18.7 Å². The first-order valence-electron chi connectivity index (χ1n) is 6.64. The molecule has 2 heteroatoms. The van der Waals surface area contributed by atoms with Gasteiger partial charge in [-0.1, -0.05) is 20.3 Å². The third-order valence-corrected chi connectivity index (χ3v) is 4.29. The highest BCUT2D eigenvalue weighted by atomic mass is 15.2. The second kappa shape index (κ2) is 4.84. The quantitative estimate of drug-likeness (QED) is 0.756. The molecule has 2 aliphatic rings. The fraction of sp³-hybridized carbons (Fsp3) is 1.00. The lowest BCUT2D eigenvalue weighted by atomic mass is 9.89. The second-order valence-electron chi connectivity index (χ2n) is 5.89. The minimum Gasteiger partial charge on any atom is -0.330 e. The summed E-state index contributed by atoms with van der Waals surface area (Å²) in [5.74, 6) is 2.54. The maximum atomic E-state index is 5.87. The summed E-state index contributed by atoms with van der Waals surface area (Å²) in [5, 5.41) is 0. The lowest BCUT2D eigenvalue weighted by Gasteiger charge is -2.40. The van der Waals surface area contributed by atoms with Gasteiger partial charge >= 0.3 is 0 Å². The zero-order chi connectivity index (χ0) is 10.8. The molecule has 2 nitrogen and oxygen atoms in total. The van der Waals surface area contributed by atoms with Gasteiger partial charge in [-0.15, -0.1) is 0 Å². The standard InChI is InChI=1S/C13H26N2/c1-10-6-11(2)9-15(8-10)13-5-3-4-12(13)7-14/h10-13H,3-9,14H2,1-2H3. The molecule has 2 rings (SSSR count). The van der Waals surface area contributed by atoms with E-state index < -0.39 is 0 Å². The lowest BCUT2D eigenvalue weighted by molar-refractivity contribution is 0.0779. The van der Waals surface area contributed by atoms with Gasteiger partial charge < -0.3 is 5.73 Å². The van der Waals surface area contributed by atoms with E-state index in [4.69, 9.17) is 5.73 Å². The molecular weight excluding hydrogens is 184 g/mol. The zero-order valence-electron chi connectivity index (χ0n) is 10.3. The monoisotopic (exact) mass is 210 g/mol. The van der Waals surface area contributed by atoms with Crippen LogP contribution in [-0.2, 0) is 0 Å². The first kappa shape index (κ1) is 11.4. The van der Waals surface area contributed by atoms with Crippen molar-refractivity contribution in [3.63, 3.8) is 0 Å². The van der Waals surface area contributed by atoms with Gasteiger partial charge in [0.2, 0.25) is 0 Å². The summed E-state index contributed by atoms with van der Waals surface area (Å²) in [6.45, 7) is 8.31. The van der Waals surface area contributed by atoms with Crippen molar-refractivity contribution in [3.8, 4) is 0 Å². The number of hydrogen-bond acceptors (Lipinski definition) is 2. The summed E-state index contributed by atoms with van der Waals surface area (Å²) in [4.78, 5) is 2.74. The van der Waals surface area contributed by atoms with Gasteiger partial charge in [-0.3, -0.25) is 4.90 Å². The van der Waals surface area contributed by atoms with E-state index in [-0.39, 0.29) is 0 Å². The van der Waals surface area contributed by atoms with Crippen LogP contribution in [0.15, 0.2) is 0 Å². The van der Waals surface area contributed by atoms with E-state index in [1.54, 1.807) is 0 Å². The molecule has 1 aliphatic carbocycles.